The zero-order valence-electron chi connectivity index (χ0n) is 7.53. The average Bonchev–Trinajstić information content (AvgIpc) is 2.03. The molecular formula is C10H10F2O. The van der Waals surface area contributed by atoms with Crippen molar-refractivity contribution < 1.29 is 13.6 Å². The predicted octanol–water partition coefficient (Wildman–Crippen LogP) is 2.73. The van der Waals surface area contributed by atoms with E-state index in [-0.39, 0.29) is 23.3 Å². The second-order valence-corrected chi connectivity index (χ2v) is 2.83. The number of halogens is 2. The van der Waals surface area contributed by atoms with E-state index in [2.05, 4.69) is 0 Å². The summed E-state index contributed by atoms with van der Waals surface area (Å²) in [6.45, 7) is 2.94. The first-order valence-electron chi connectivity index (χ1n) is 4.05. The molecule has 0 aliphatic heterocycles. The van der Waals surface area contributed by atoms with Crippen LogP contribution in [-0.2, 0) is 6.42 Å². The summed E-state index contributed by atoms with van der Waals surface area (Å²) in [5.41, 5.74) is 0.109. The van der Waals surface area contributed by atoms with Gasteiger partial charge in [0.2, 0.25) is 0 Å². The van der Waals surface area contributed by atoms with Crippen LogP contribution in [0.2, 0.25) is 0 Å². The lowest BCUT2D eigenvalue weighted by molar-refractivity contribution is 0.101. The molecule has 0 saturated carbocycles. The molecule has 0 amide bonds. The summed E-state index contributed by atoms with van der Waals surface area (Å²) in [4.78, 5) is 10.8. The van der Waals surface area contributed by atoms with E-state index >= 15 is 0 Å². The Balaban J connectivity index is 3.28. The lowest BCUT2D eigenvalue weighted by atomic mass is 10.1. The van der Waals surface area contributed by atoms with Crippen molar-refractivity contribution in [3.8, 4) is 0 Å². The van der Waals surface area contributed by atoms with Gasteiger partial charge in [-0.05, 0) is 25.5 Å². The Kier molecular flexibility index (Phi) is 2.76. The molecule has 0 unspecified atom stereocenters. The van der Waals surface area contributed by atoms with Gasteiger partial charge in [-0.15, -0.1) is 0 Å². The summed E-state index contributed by atoms with van der Waals surface area (Å²) < 4.78 is 26.2. The molecule has 0 spiro atoms. The van der Waals surface area contributed by atoms with Gasteiger partial charge in [-0.3, -0.25) is 4.79 Å². The second kappa shape index (κ2) is 3.64. The summed E-state index contributed by atoms with van der Waals surface area (Å²) in [5.74, 6) is -1.62. The Labute approximate surface area is 75.4 Å². The molecule has 0 aliphatic rings. The maximum atomic E-state index is 13.1. The highest BCUT2D eigenvalue weighted by atomic mass is 19.1. The molecule has 1 nitrogen and oxygen atoms in total. The van der Waals surface area contributed by atoms with Gasteiger partial charge < -0.3 is 0 Å². The van der Waals surface area contributed by atoms with Gasteiger partial charge in [-0.25, -0.2) is 8.78 Å². The third-order valence-corrected chi connectivity index (χ3v) is 1.90. The van der Waals surface area contributed by atoms with E-state index in [1.54, 1.807) is 6.92 Å². The van der Waals surface area contributed by atoms with Crippen molar-refractivity contribution in [2.45, 2.75) is 20.3 Å². The van der Waals surface area contributed by atoms with Crippen molar-refractivity contribution in [2.75, 3.05) is 0 Å². The Morgan fingerprint density at radius 3 is 2.08 bits per heavy atom. The highest BCUT2D eigenvalue weighted by molar-refractivity contribution is 5.94. The minimum Gasteiger partial charge on any atom is -0.295 e. The number of hydrogen-bond donors (Lipinski definition) is 0. The smallest absolute Gasteiger partial charge is 0.160 e. The molecule has 0 saturated heterocycles. The maximum Gasteiger partial charge on any atom is 0.160 e. The summed E-state index contributed by atoms with van der Waals surface area (Å²) in [6.07, 6.45) is 0.288. The quantitative estimate of drug-likeness (QED) is 0.646. The summed E-state index contributed by atoms with van der Waals surface area (Å²) in [7, 11) is 0. The fourth-order valence-corrected chi connectivity index (χ4v) is 1.14. The molecule has 0 atom stereocenters. The molecule has 1 rings (SSSR count). The van der Waals surface area contributed by atoms with Crippen molar-refractivity contribution in [2.24, 2.45) is 0 Å². The van der Waals surface area contributed by atoms with E-state index < -0.39 is 11.6 Å². The Bertz CT molecular complexity index is 322. The minimum atomic E-state index is -0.646. The number of Topliss-reactive ketones (excluding diaryl/α,β-unsaturated/α-hetero) is 1. The third kappa shape index (κ3) is 1.91. The monoisotopic (exact) mass is 184 g/mol. The molecule has 0 N–H and O–H groups in total. The van der Waals surface area contributed by atoms with E-state index in [4.69, 9.17) is 0 Å². The normalized spacial score (nSPS) is 10.2. The minimum absolute atomic E-state index is 0.0324. The molecular weight excluding hydrogens is 174 g/mol. The van der Waals surface area contributed by atoms with E-state index in [1.807, 2.05) is 0 Å². The van der Waals surface area contributed by atoms with Crippen LogP contribution in [0.15, 0.2) is 12.1 Å². The van der Waals surface area contributed by atoms with Gasteiger partial charge >= 0.3 is 0 Å². The van der Waals surface area contributed by atoms with E-state index in [9.17, 15) is 13.6 Å². The van der Waals surface area contributed by atoms with E-state index in [0.29, 0.717) is 0 Å². The second-order valence-electron chi connectivity index (χ2n) is 2.83. The van der Waals surface area contributed by atoms with Crippen molar-refractivity contribution in [1.29, 1.82) is 0 Å². The maximum absolute atomic E-state index is 13.1. The number of carbonyl (C=O) groups is 1. The predicted molar refractivity (Wildman–Crippen MR) is 45.7 cm³/mol. The van der Waals surface area contributed by atoms with Crippen LogP contribution in [0.3, 0.4) is 0 Å². The fraction of sp³-hybridized carbons (Fsp3) is 0.300. The molecule has 0 fully saturated rings. The molecule has 0 radical (unpaired) electrons. The van der Waals surface area contributed by atoms with Crippen LogP contribution in [0.4, 0.5) is 8.78 Å². The van der Waals surface area contributed by atoms with Crippen LogP contribution in [0, 0.1) is 11.6 Å². The highest BCUT2D eigenvalue weighted by Crippen LogP contribution is 2.16. The fourth-order valence-electron chi connectivity index (χ4n) is 1.14. The number of hydrogen-bond acceptors (Lipinski definition) is 1. The third-order valence-electron chi connectivity index (χ3n) is 1.90. The molecule has 1 aromatic rings. The van der Waals surface area contributed by atoms with Crippen LogP contribution in [0.25, 0.3) is 0 Å². The first-order valence-corrected chi connectivity index (χ1v) is 4.05. The largest absolute Gasteiger partial charge is 0.295 e. The van der Waals surface area contributed by atoms with Gasteiger partial charge in [-0.1, -0.05) is 6.92 Å². The average molecular weight is 184 g/mol. The van der Waals surface area contributed by atoms with E-state index in [0.717, 1.165) is 12.1 Å². The van der Waals surface area contributed by atoms with Crippen LogP contribution in [0.5, 0.6) is 0 Å². The van der Waals surface area contributed by atoms with Crippen LogP contribution in [-0.4, -0.2) is 5.78 Å². The molecule has 0 heterocycles. The molecule has 0 aliphatic carbocycles. The Hall–Kier alpha value is -1.25. The molecule has 3 heteroatoms. The van der Waals surface area contributed by atoms with Crippen molar-refractivity contribution >= 4 is 5.78 Å². The van der Waals surface area contributed by atoms with Gasteiger partial charge in [-0.2, -0.15) is 0 Å². The van der Waals surface area contributed by atoms with Crippen LogP contribution >= 0.6 is 0 Å². The number of carbonyl (C=O) groups excluding carboxylic acids is 1. The molecule has 1 aromatic carbocycles. The Morgan fingerprint density at radius 2 is 1.77 bits per heavy atom. The van der Waals surface area contributed by atoms with E-state index in [1.165, 1.54) is 6.92 Å². The van der Waals surface area contributed by atoms with Crippen molar-refractivity contribution in [3.05, 3.63) is 34.9 Å². The molecule has 0 aromatic heterocycles. The molecule has 0 bridgehead atoms. The van der Waals surface area contributed by atoms with Gasteiger partial charge in [0.1, 0.15) is 11.6 Å². The van der Waals surface area contributed by atoms with Crippen LogP contribution in [0.1, 0.15) is 29.8 Å². The number of benzene rings is 1. The standard InChI is InChI=1S/C10H10F2O/c1-3-8-9(11)4-7(6(2)13)5-10(8)12/h4-5H,3H2,1-2H3. The lowest BCUT2D eigenvalue weighted by Crippen LogP contribution is -2.00. The van der Waals surface area contributed by atoms with Gasteiger partial charge in [0.05, 0.1) is 0 Å². The lowest BCUT2D eigenvalue weighted by Gasteiger charge is -2.03. The Morgan fingerprint density at radius 1 is 1.31 bits per heavy atom. The SMILES string of the molecule is CCc1c(F)cc(C(C)=O)cc1F. The topological polar surface area (TPSA) is 17.1 Å². The summed E-state index contributed by atoms with van der Waals surface area (Å²) in [6, 6.07) is 2.15. The van der Waals surface area contributed by atoms with Crippen molar-refractivity contribution in [1.82, 2.24) is 0 Å². The highest BCUT2D eigenvalue weighted by Gasteiger charge is 2.10. The number of rotatable bonds is 2. The van der Waals surface area contributed by atoms with Gasteiger partial charge in [0, 0.05) is 11.1 Å². The zero-order valence-corrected chi connectivity index (χ0v) is 7.53. The van der Waals surface area contributed by atoms with Gasteiger partial charge in [0.15, 0.2) is 5.78 Å². The summed E-state index contributed by atoms with van der Waals surface area (Å²) >= 11 is 0. The zero-order chi connectivity index (χ0) is 10.0. The first-order chi connectivity index (χ1) is 6.06. The van der Waals surface area contributed by atoms with Crippen LogP contribution < -0.4 is 0 Å². The number of ketones is 1. The van der Waals surface area contributed by atoms with Gasteiger partial charge in [0.25, 0.3) is 0 Å². The molecule has 70 valence electrons. The van der Waals surface area contributed by atoms with Crippen molar-refractivity contribution in [3.63, 3.8) is 0 Å². The molecule has 13 heavy (non-hydrogen) atoms. The first kappa shape index (κ1) is 9.84. The summed E-state index contributed by atoms with van der Waals surface area (Å²) in [5, 5.41) is 0.